The molecule has 3 atom stereocenters. The molecule has 2 aliphatic carbocycles. The highest BCUT2D eigenvalue weighted by Gasteiger charge is 2.54. The quantitative estimate of drug-likeness (QED) is 0.129. The van der Waals surface area contributed by atoms with Crippen LogP contribution in [0.3, 0.4) is 0 Å². The molecule has 3 unspecified atom stereocenters. The highest BCUT2D eigenvalue weighted by atomic mass is 32.2. The first-order valence-electron chi connectivity index (χ1n) is 15.2. The van der Waals surface area contributed by atoms with Gasteiger partial charge in [0.15, 0.2) is 0 Å². The van der Waals surface area contributed by atoms with E-state index in [1.54, 1.807) is 13.0 Å². The van der Waals surface area contributed by atoms with Crippen molar-refractivity contribution in [3.05, 3.63) is 130 Å². The zero-order valence-electron chi connectivity index (χ0n) is 25.5. The van der Waals surface area contributed by atoms with Gasteiger partial charge >= 0.3 is 5.97 Å². The second-order valence-electron chi connectivity index (χ2n) is 12.5. The molecule has 0 saturated carbocycles. The van der Waals surface area contributed by atoms with E-state index >= 15 is 4.79 Å². The zero-order valence-corrected chi connectivity index (χ0v) is 26.4. The van der Waals surface area contributed by atoms with Crippen molar-refractivity contribution < 1.29 is 22.5 Å². The predicted molar refractivity (Wildman–Crippen MR) is 173 cm³/mol. The molecule has 2 aliphatic rings. The number of carbonyl (C=O) groups excluding carboxylic acids is 1. The van der Waals surface area contributed by atoms with Crippen LogP contribution >= 0.6 is 0 Å². The minimum absolute atomic E-state index is 0.0870. The third-order valence-electron chi connectivity index (χ3n) is 9.59. The van der Waals surface area contributed by atoms with Crippen molar-refractivity contribution in [2.45, 2.75) is 75.0 Å². The van der Waals surface area contributed by atoms with Crippen molar-refractivity contribution in [2.75, 3.05) is 0 Å². The standard InChI is InChI=1S/C38H38O5S/c1-24(2)32-22-35(25(3)21-36(32)44(40,41)42)43-37(39)38(33-20-19-27-13-9-10-15-29(27)26(33)4)23-28-14-7-5-6-8-18-34(38)31-17-12-11-16-30(28)31/h5-13,15-17,19-22,24,28,34H,14,18,23H2,1-4H3,(H,40,41,42)/p-1/b7-5-,8-6-. The Morgan fingerprint density at radius 2 is 1.59 bits per heavy atom. The molecule has 44 heavy (non-hydrogen) atoms. The van der Waals surface area contributed by atoms with Crippen LogP contribution in [0.2, 0.25) is 0 Å². The maximum atomic E-state index is 15.1. The minimum Gasteiger partial charge on any atom is -0.744 e. The Morgan fingerprint density at radius 1 is 0.909 bits per heavy atom. The molecule has 0 aromatic heterocycles. The summed E-state index contributed by atoms with van der Waals surface area (Å²) in [6, 6.07) is 23.8. The van der Waals surface area contributed by atoms with E-state index in [0.717, 1.165) is 33.9 Å². The van der Waals surface area contributed by atoms with Crippen LogP contribution in [-0.2, 0) is 20.3 Å². The molecule has 0 spiro atoms. The third kappa shape index (κ3) is 5.10. The maximum Gasteiger partial charge on any atom is 0.322 e. The summed E-state index contributed by atoms with van der Waals surface area (Å²) < 4.78 is 42.8. The molecule has 226 valence electrons. The van der Waals surface area contributed by atoms with Gasteiger partial charge in [0.25, 0.3) is 0 Å². The molecule has 4 aromatic carbocycles. The lowest BCUT2D eigenvalue weighted by Gasteiger charge is -2.47. The molecule has 0 aliphatic heterocycles. The number of hydrogen-bond acceptors (Lipinski definition) is 5. The van der Waals surface area contributed by atoms with Gasteiger partial charge in [0, 0.05) is 5.92 Å². The second kappa shape index (κ2) is 11.5. The van der Waals surface area contributed by atoms with Gasteiger partial charge in [0.05, 0.1) is 4.90 Å². The van der Waals surface area contributed by atoms with Crippen LogP contribution in [0.1, 0.15) is 84.2 Å². The second-order valence-corrected chi connectivity index (χ2v) is 13.8. The summed E-state index contributed by atoms with van der Waals surface area (Å²) in [6.07, 6.45) is 10.4. The monoisotopic (exact) mass is 605 g/mol. The number of carbonyl (C=O) groups is 1. The van der Waals surface area contributed by atoms with E-state index in [1.807, 2.05) is 32.0 Å². The van der Waals surface area contributed by atoms with Crippen LogP contribution in [0.15, 0.2) is 102 Å². The van der Waals surface area contributed by atoms with Gasteiger partial charge in [-0.25, -0.2) is 8.42 Å². The number of rotatable bonds is 5. The fraction of sp³-hybridized carbons (Fsp3) is 0.289. The highest BCUT2D eigenvalue weighted by molar-refractivity contribution is 7.85. The number of benzene rings is 4. The highest BCUT2D eigenvalue weighted by Crippen LogP contribution is 2.56. The minimum atomic E-state index is -4.71. The van der Waals surface area contributed by atoms with Gasteiger partial charge in [-0.3, -0.25) is 4.79 Å². The van der Waals surface area contributed by atoms with Crippen molar-refractivity contribution >= 4 is 26.9 Å². The van der Waals surface area contributed by atoms with Crippen molar-refractivity contribution in [1.82, 2.24) is 0 Å². The predicted octanol–water partition coefficient (Wildman–Crippen LogP) is 8.50. The van der Waals surface area contributed by atoms with E-state index < -0.39 is 15.5 Å². The van der Waals surface area contributed by atoms with E-state index in [-0.39, 0.29) is 34.4 Å². The Morgan fingerprint density at radius 3 is 2.32 bits per heavy atom. The topological polar surface area (TPSA) is 83.5 Å². The summed E-state index contributed by atoms with van der Waals surface area (Å²) in [6.45, 7) is 7.42. The fourth-order valence-electron chi connectivity index (χ4n) is 7.45. The summed E-state index contributed by atoms with van der Waals surface area (Å²) in [4.78, 5) is 14.8. The van der Waals surface area contributed by atoms with E-state index in [0.29, 0.717) is 24.0 Å². The fourth-order valence-corrected chi connectivity index (χ4v) is 8.35. The molecule has 0 saturated heterocycles. The summed E-state index contributed by atoms with van der Waals surface area (Å²) in [5.41, 5.74) is 4.15. The van der Waals surface area contributed by atoms with E-state index in [4.69, 9.17) is 4.74 Å². The van der Waals surface area contributed by atoms with Crippen LogP contribution in [0.25, 0.3) is 10.8 Å². The Bertz CT molecular complexity index is 1930. The Hall–Kier alpha value is -4.00. The van der Waals surface area contributed by atoms with Crippen molar-refractivity contribution in [1.29, 1.82) is 0 Å². The number of aryl methyl sites for hydroxylation is 2. The lowest BCUT2D eigenvalue weighted by atomic mass is 9.55. The first kappa shape index (κ1) is 30.0. The van der Waals surface area contributed by atoms with Gasteiger partial charge in [-0.1, -0.05) is 98.8 Å². The Labute approximate surface area is 260 Å². The summed E-state index contributed by atoms with van der Waals surface area (Å²) in [7, 11) is -4.71. The molecule has 0 amide bonds. The zero-order chi connectivity index (χ0) is 31.2. The Balaban J connectivity index is 1.60. The van der Waals surface area contributed by atoms with Gasteiger partial charge in [-0.15, -0.1) is 0 Å². The van der Waals surface area contributed by atoms with Crippen LogP contribution in [-0.4, -0.2) is 18.9 Å². The molecule has 0 radical (unpaired) electrons. The number of allylic oxidation sites excluding steroid dienone is 4. The Kier molecular flexibility index (Phi) is 7.85. The molecular formula is C38H37O5S-. The van der Waals surface area contributed by atoms with Crippen molar-refractivity contribution in [3.8, 4) is 5.75 Å². The van der Waals surface area contributed by atoms with Gasteiger partial charge < -0.3 is 9.29 Å². The largest absolute Gasteiger partial charge is 0.744 e. The van der Waals surface area contributed by atoms with Gasteiger partial charge in [0.2, 0.25) is 0 Å². The summed E-state index contributed by atoms with van der Waals surface area (Å²) in [5.74, 6) is -0.466. The summed E-state index contributed by atoms with van der Waals surface area (Å²) >= 11 is 0. The van der Waals surface area contributed by atoms with Gasteiger partial charge in [0.1, 0.15) is 21.3 Å². The molecule has 2 bridgehead atoms. The number of hydrogen-bond donors (Lipinski definition) is 0. The molecule has 6 rings (SSSR count). The molecule has 0 heterocycles. The molecule has 4 aromatic rings. The lowest BCUT2D eigenvalue weighted by molar-refractivity contribution is -0.143. The molecule has 0 N–H and O–H groups in total. The van der Waals surface area contributed by atoms with E-state index in [1.165, 1.54) is 11.6 Å². The van der Waals surface area contributed by atoms with Crippen LogP contribution in [0.5, 0.6) is 5.75 Å². The normalized spacial score (nSPS) is 22.9. The third-order valence-corrected chi connectivity index (χ3v) is 10.5. The number of ether oxygens (including phenoxy) is 1. The first-order chi connectivity index (χ1) is 21.0. The molecular weight excluding hydrogens is 568 g/mol. The van der Waals surface area contributed by atoms with Crippen LogP contribution in [0, 0.1) is 13.8 Å². The maximum absolute atomic E-state index is 15.1. The average Bonchev–Trinajstić information content (AvgIpc) is 3.00. The van der Waals surface area contributed by atoms with Crippen LogP contribution < -0.4 is 4.74 Å². The summed E-state index contributed by atoms with van der Waals surface area (Å²) in [5, 5.41) is 2.20. The smallest absolute Gasteiger partial charge is 0.322 e. The first-order valence-corrected chi connectivity index (χ1v) is 16.6. The molecule has 0 fully saturated rings. The van der Waals surface area contributed by atoms with Crippen molar-refractivity contribution in [3.63, 3.8) is 0 Å². The molecule has 6 heteroatoms. The molecule has 5 nitrogen and oxygen atoms in total. The van der Waals surface area contributed by atoms with Crippen molar-refractivity contribution in [2.24, 2.45) is 0 Å². The van der Waals surface area contributed by atoms with Gasteiger partial charge in [-0.05, 0) is 101 Å². The lowest BCUT2D eigenvalue weighted by Crippen LogP contribution is -2.49. The average molecular weight is 606 g/mol. The number of fused-ring (bicyclic) bond motifs is 7. The van der Waals surface area contributed by atoms with E-state index in [2.05, 4.69) is 73.7 Å². The van der Waals surface area contributed by atoms with E-state index in [9.17, 15) is 13.0 Å². The SMILES string of the molecule is Cc1cc(S(=O)(=O)[O-])c(C(C)C)cc1OC(=O)C1(c2ccc3ccccc3c2C)CC2C/C=C\C=C/CC1c1ccccc12. The van der Waals surface area contributed by atoms with Gasteiger partial charge in [-0.2, -0.15) is 0 Å². The van der Waals surface area contributed by atoms with Crippen LogP contribution in [0.4, 0.5) is 0 Å². The number of esters is 1.